The summed E-state index contributed by atoms with van der Waals surface area (Å²) in [6.07, 6.45) is 2.21. The summed E-state index contributed by atoms with van der Waals surface area (Å²) in [4.78, 5) is 4.44. The third-order valence-corrected chi connectivity index (χ3v) is 4.16. The Kier molecular flexibility index (Phi) is 7.93. The maximum absolute atomic E-state index is 6.20. The molecule has 0 heterocycles. The number of benzene rings is 1. The number of rotatable bonds is 8. The third-order valence-electron chi connectivity index (χ3n) is 3.08. The van der Waals surface area contributed by atoms with E-state index in [1.54, 1.807) is 6.07 Å². The fourth-order valence-corrected chi connectivity index (χ4v) is 2.45. The average Bonchev–Trinajstić information content (AvgIpc) is 2.39. The summed E-state index contributed by atoms with van der Waals surface area (Å²) in [5, 5.41) is 1.22. The molecule has 1 aromatic rings. The van der Waals surface area contributed by atoms with Crippen LogP contribution in [-0.2, 0) is 0 Å². The van der Waals surface area contributed by atoms with Gasteiger partial charge < -0.3 is 9.80 Å². The van der Waals surface area contributed by atoms with Crippen molar-refractivity contribution in [2.24, 2.45) is 0 Å². The van der Waals surface area contributed by atoms with E-state index >= 15 is 0 Å². The van der Waals surface area contributed by atoms with Crippen molar-refractivity contribution in [1.29, 1.82) is 0 Å². The van der Waals surface area contributed by atoms with Crippen LogP contribution in [0.15, 0.2) is 18.2 Å². The minimum atomic E-state index is 0.599. The lowest BCUT2D eigenvalue weighted by Crippen LogP contribution is -2.31. The zero-order valence-corrected chi connectivity index (χ0v) is 13.8. The quantitative estimate of drug-likeness (QED) is 0.517. The summed E-state index contributed by atoms with van der Waals surface area (Å²) >= 11 is 17.9. The van der Waals surface area contributed by atoms with Gasteiger partial charge in [-0.25, -0.2) is 0 Å². The van der Waals surface area contributed by atoms with Gasteiger partial charge in [0.25, 0.3) is 0 Å². The normalized spacial score (nSPS) is 11.1. The number of unbranched alkanes of at least 4 members (excludes halogenated alkanes) is 1. The second kappa shape index (κ2) is 8.91. The van der Waals surface area contributed by atoms with E-state index in [0.717, 1.165) is 44.0 Å². The topological polar surface area (TPSA) is 6.48 Å². The molecule has 0 aliphatic rings. The predicted octanol–water partition coefficient (Wildman–Crippen LogP) is 4.38. The number of anilines is 1. The van der Waals surface area contributed by atoms with Crippen LogP contribution < -0.4 is 4.90 Å². The van der Waals surface area contributed by atoms with Gasteiger partial charge >= 0.3 is 0 Å². The van der Waals surface area contributed by atoms with Gasteiger partial charge in [-0.15, -0.1) is 11.6 Å². The number of alkyl halides is 1. The minimum Gasteiger partial charge on any atom is -0.372 e. The van der Waals surface area contributed by atoms with Gasteiger partial charge in [0.1, 0.15) is 0 Å². The Morgan fingerprint density at radius 3 is 2.42 bits per heavy atom. The van der Waals surface area contributed by atoms with Crippen molar-refractivity contribution < 1.29 is 0 Å². The summed E-state index contributed by atoms with van der Waals surface area (Å²) in [6.45, 7) is 2.98. The predicted molar refractivity (Wildman–Crippen MR) is 87.2 cm³/mol. The molecule has 0 N–H and O–H groups in total. The van der Waals surface area contributed by atoms with Gasteiger partial charge in [0.05, 0.1) is 15.7 Å². The molecule has 0 saturated heterocycles. The van der Waals surface area contributed by atoms with Crippen LogP contribution >= 0.6 is 34.8 Å². The average molecular weight is 324 g/mol. The number of hydrogen-bond acceptors (Lipinski definition) is 2. The van der Waals surface area contributed by atoms with Crippen LogP contribution in [0.1, 0.15) is 12.8 Å². The molecule has 0 aliphatic carbocycles. The Labute approximate surface area is 131 Å². The molecule has 1 rings (SSSR count). The van der Waals surface area contributed by atoms with Crippen LogP contribution in [0.25, 0.3) is 0 Å². The summed E-state index contributed by atoms with van der Waals surface area (Å²) < 4.78 is 0. The highest BCUT2D eigenvalue weighted by molar-refractivity contribution is 6.43. The van der Waals surface area contributed by atoms with E-state index in [1.165, 1.54) is 0 Å². The Morgan fingerprint density at radius 1 is 1.00 bits per heavy atom. The monoisotopic (exact) mass is 322 g/mol. The second-order valence-electron chi connectivity index (χ2n) is 4.69. The molecule has 0 radical (unpaired) electrons. The zero-order chi connectivity index (χ0) is 14.3. The molecule has 0 aliphatic heterocycles. The van der Waals surface area contributed by atoms with Crippen LogP contribution in [0.4, 0.5) is 5.69 Å². The lowest BCUT2D eigenvalue weighted by atomic mass is 10.3. The highest BCUT2D eigenvalue weighted by Crippen LogP contribution is 2.31. The summed E-state index contributed by atoms with van der Waals surface area (Å²) in [6, 6.07) is 5.71. The number of halogens is 3. The summed E-state index contributed by atoms with van der Waals surface area (Å²) in [5.41, 5.74) is 0.975. The molecule has 108 valence electrons. The number of hydrogen-bond donors (Lipinski definition) is 0. The first-order valence-electron chi connectivity index (χ1n) is 6.46. The Balaban J connectivity index is 2.42. The van der Waals surface area contributed by atoms with Crippen LogP contribution in [0.3, 0.4) is 0 Å². The highest BCUT2D eigenvalue weighted by atomic mass is 35.5. The molecule has 0 bridgehead atoms. The maximum atomic E-state index is 6.20. The van der Waals surface area contributed by atoms with Gasteiger partial charge in [-0.1, -0.05) is 29.3 Å². The molecule has 19 heavy (non-hydrogen) atoms. The smallest absolute Gasteiger partial charge is 0.0825 e. The largest absolute Gasteiger partial charge is 0.372 e. The van der Waals surface area contributed by atoms with Crippen molar-refractivity contribution in [3.63, 3.8) is 0 Å². The lowest BCUT2D eigenvalue weighted by molar-refractivity contribution is 0.335. The van der Waals surface area contributed by atoms with Crippen molar-refractivity contribution in [3.05, 3.63) is 28.2 Å². The van der Waals surface area contributed by atoms with Crippen LogP contribution in [0.2, 0.25) is 10.0 Å². The summed E-state index contributed by atoms with van der Waals surface area (Å²) in [5.74, 6) is 0.742. The van der Waals surface area contributed by atoms with Gasteiger partial charge in [0.15, 0.2) is 0 Å². The standard InChI is InChI=1S/C14H21Cl3N2/c1-18(9-4-3-8-15)10-11-19(2)13-7-5-6-12(16)14(13)17/h5-7H,3-4,8-11H2,1-2H3. The van der Waals surface area contributed by atoms with E-state index in [1.807, 2.05) is 19.2 Å². The van der Waals surface area contributed by atoms with Gasteiger partial charge in [-0.3, -0.25) is 0 Å². The zero-order valence-electron chi connectivity index (χ0n) is 11.5. The van der Waals surface area contributed by atoms with Gasteiger partial charge in [0.2, 0.25) is 0 Å². The molecule has 0 unspecified atom stereocenters. The van der Waals surface area contributed by atoms with Crippen molar-refractivity contribution in [1.82, 2.24) is 4.90 Å². The van der Waals surface area contributed by atoms with E-state index < -0.39 is 0 Å². The lowest BCUT2D eigenvalue weighted by Gasteiger charge is -2.24. The number of nitrogens with zero attached hydrogens (tertiary/aromatic N) is 2. The van der Waals surface area contributed by atoms with Crippen molar-refractivity contribution in [2.45, 2.75) is 12.8 Å². The van der Waals surface area contributed by atoms with Crippen LogP contribution in [-0.4, -0.2) is 44.5 Å². The molecule has 5 heteroatoms. The van der Waals surface area contributed by atoms with Crippen molar-refractivity contribution in [2.75, 3.05) is 44.5 Å². The van der Waals surface area contributed by atoms with E-state index in [4.69, 9.17) is 34.8 Å². The maximum Gasteiger partial charge on any atom is 0.0825 e. The third kappa shape index (κ3) is 5.78. The second-order valence-corrected chi connectivity index (χ2v) is 5.86. The van der Waals surface area contributed by atoms with E-state index in [0.29, 0.717) is 10.0 Å². The molecule has 0 spiro atoms. The van der Waals surface area contributed by atoms with Gasteiger partial charge in [0, 0.05) is 26.0 Å². The molecule has 0 fully saturated rings. The first-order valence-corrected chi connectivity index (χ1v) is 7.75. The molecular weight excluding hydrogens is 303 g/mol. The van der Waals surface area contributed by atoms with Crippen LogP contribution in [0.5, 0.6) is 0 Å². The molecule has 0 aromatic heterocycles. The van der Waals surface area contributed by atoms with Gasteiger partial charge in [-0.05, 0) is 38.6 Å². The fraction of sp³-hybridized carbons (Fsp3) is 0.571. The number of likely N-dealkylation sites (N-methyl/N-ethyl adjacent to an activating group) is 2. The Hall–Kier alpha value is -0.150. The minimum absolute atomic E-state index is 0.599. The van der Waals surface area contributed by atoms with Crippen molar-refractivity contribution in [3.8, 4) is 0 Å². The van der Waals surface area contributed by atoms with E-state index in [-0.39, 0.29) is 0 Å². The van der Waals surface area contributed by atoms with E-state index in [2.05, 4.69) is 16.8 Å². The first-order chi connectivity index (χ1) is 9.06. The molecule has 2 nitrogen and oxygen atoms in total. The van der Waals surface area contributed by atoms with Crippen molar-refractivity contribution >= 4 is 40.5 Å². The Bertz CT molecular complexity index is 385. The molecule has 0 amide bonds. The van der Waals surface area contributed by atoms with E-state index in [9.17, 15) is 0 Å². The molecule has 0 atom stereocenters. The molecule has 1 aromatic carbocycles. The van der Waals surface area contributed by atoms with Gasteiger partial charge in [-0.2, -0.15) is 0 Å². The molecular formula is C14H21Cl3N2. The Morgan fingerprint density at radius 2 is 1.74 bits per heavy atom. The molecule has 0 saturated carbocycles. The van der Waals surface area contributed by atoms with Crippen LogP contribution in [0, 0.1) is 0 Å². The summed E-state index contributed by atoms with van der Waals surface area (Å²) in [7, 11) is 4.16. The first kappa shape index (κ1) is 16.9. The SMILES string of the molecule is CN(CCCCCl)CCN(C)c1cccc(Cl)c1Cl. The fourth-order valence-electron chi connectivity index (χ4n) is 1.82. The highest BCUT2D eigenvalue weighted by Gasteiger charge is 2.09.